The number of hydrogen-bond donors (Lipinski definition) is 0. The van der Waals surface area contributed by atoms with Crippen LogP contribution in [0.2, 0.25) is 0 Å². The van der Waals surface area contributed by atoms with Gasteiger partial charge in [0.1, 0.15) is 5.82 Å². The first kappa shape index (κ1) is 16.4. The third-order valence-corrected chi connectivity index (χ3v) is 7.23. The minimum Gasteiger partial charge on any atom is -0.315 e. The molecule has 0 bridgehead atoms. The van der Waals surface area contributed by atoms with Gasteiger partial charge in [0.05, 0.1) is 17.5 Å². The van der Waals surface area contributed by atoms with Gasteiger partial charge in [0, 0.05) is 17.4 Å². The molecule has 1 amide bonds. The molecule has 2 heterocycles. The third kappa shape index (κ3) is 3.14. The van der Waals surface area contributed by atoms with E-state index < -0.39 is 9.84 Å². The van der Waals surface area contributed by atoms with Crippen LogP contribution in [0.5, 0.6) is 0 Å². The molecule has 124 valence electrons. The predicted octanol–water partition coefficient (Wildman–Crippen LogP) is 2.15. The standard InChI is InChI=1S/C15H17FN2O3S2/c1-3-14(19)17-15-18(10-5-4-9(2)11(16)6-10)12-7-23(20,21)8-13(12)22-15/h4-6,12-13H,3,7-8H2,1-2H3/t12-,13+/m1/s1. The number of fused-ring (bicyclic) bond motifs is 1. The quantitative estimate of drug-likeness (QED) is 0.812. The molecule has 23 heavy (non-hydrogen) atoms. The van der Waals surface area contributed by atoms with Crippen molar-refractivity contribution in [2.75, 3.05) is 16.4 Å². The van der Waals surface area contributed by atoms with Crippen molar-refractivity contribution in [3.05, 3.63) is 29.6 Å². The Labute approximate surface area is 138 Å². The summed E-state index contributed by atoms with van der Waals surface area (Å²) in [5, 5.41) is 0.290. The summed E-state index contributed by atoms with van der Waals surface area (Å²) in [6.45, 7) is 3.38. The molecular formula is C15H17FN2O3S2. The van der Waals surface area contributed by atoms with Gasteiger partial charge in [0.2, 0.25) is 5.91 Å². The van der Waals surface area contributed by atoms with Gasteiger partial charge < -0.3 is 4.90 Å². The van der Waals surface area contributed by atoms with Crippen LogP contribution in [-0.2, 0) is 14.6 Å². The number of amides is 1. The van der Waals surface area contributed by atoms with Gasteiger partial charge in [-0.2, -0.15) is 4.99 Å². The van der Waals surface area contributed by atoms with Gasteiger partial charge in [0.15, 0.2) is 15.0 Å². The van der Waals surface area contributed by atoms with Crippen LogP contribution in [-0.4, -0.2) is 42.3 Å². The smallest absolute Gasteiger partial charge is 0.247 e. The number of carbonyl (C=O) groups excluding carboxylic acids is 1. The molecule has 2 aliphatic rings. The molecule has 2 atom stereocenters. The van der Waals surface area contributed by atoms with Gasteiger partial charge in [-0.05, 0) is 24.6 Å². The number of sulfone groups is 1. The molecule has 0 N–H and O–H groups in total. The Balaban J connectivity index is 2.04. The minimum absolute atomic E-state index is 0.000498. The van der Waals surface area contributed by atoms with Crippen LogP contribution in [0.3, 0.4) is 0 Å². The third-order valence-electron chi connectivity index (χ3n) is 4.02. The van der Waals surface area contributed by atoms with E-state index >= 15 is 0 Å². The topological polar surface area (TPSA) is 66.8 Å². The van der Waals surface area contributed by atoms with E-state index in [-0.39, 0.29) is 40.9 Å². The Hall–Kier alpha value is -1.41. The minimum atomic E-state index is -3.12. The zero-order valence-corrected chi connectivity index (χ0v) is 14.5. The maximum atomic E-state index is 13.9. The highest BCUT2D eigenvalue weighted by molar-refractivity contribution is 8.16. The Morgan fingerprint density at radius 3 is 2.83 bits per heavy atom. The summed E-state index contributed by atoms with van der Waals surface area (Å²) in [6, 6.07) is 4.44. The number of hydrogen-bond acceptors (Lipinski definition) is 4. The lowest BCUT2D eigenvalue weighted by atomic mass is 10.1. The lowest BCUT2D eigenvalue weighted by molar-refractivity contribution is -0.117. The fourth-order valence-corrected chi connectivity index (χ4v) is 6.71. The Morgan fingerprint density at radius 1 is 1.43 bits per heavy atom. The summed E-state index contributed by atoms with van der Waals surface area (Å²) in [5.74, 6) is -0.572. The summed E-state index contributed by atoms with van der Waals surface area (Å²) < 4.78 is 37.7. The number of aliphatic imine (C=N–C) groups is 1. The van der Waals surface area contributed by atoms with Crippen molar-refractivity contribution in [1.82, 2.24) is 0 Å². The van der Waals surface area contributed by atoms with Gasteiger partial charge in [-0.1, -0.05) is 24.8 Å². The highest BCUT2D eigenvalue weighted by Gasteiger charge is 2.49. The lowest BCUT2D eigenvalue weighted by Gasteiger charge is -2.24. The number of carbonyl (C=O) groups is 1. The van der Waals surface area contributed by atoms with Crippen molar-refractivity contribution in [2.24, 2.45) is 4.99 Å². The molecule has 0 unspecified atom stereocenters. The number of nitrogens with zero attached hydrogens (tertiary/aromatic N) is 2. The maximum absolute atomic E-state index is 13.9. The molecule has 0 aliphatic carbocycles. The summed E-state index contributed by atoms with van der Waals surface area (Å²) in [7, 11) is -3.12. The Bertz CT molecular complexity index is 792. The highest BCUT2D eigenvalue weighted by atomic mass is 32.2. The van der Waals surface area contributed by atoms with Gasteiger partial charge >= 0.3 is 0 Å². The average Bonchev–Trinajstić information content (AvgIpc) is 2.93. The van der Waals surface area contributed by atoms with E-state index in [0.29, 0.717) is 16.4 Å². The lowest BCUT2D eigenvalue weighted by Crippen LogP contribution is -2.37. The number of benzene rings is 1. The number of anilines is 1. The summed E-state index contributed by atoms with van der Waals surface area (Å²) in [5.41, 5.74) is 1.05. The summed E-state index contributed by atoms with van der Waals surface area (Å²) in [6.07, 6.45) is 0.272. The first-order valence-corrected chi connectivity index (χ1v) is 10.0. The monoisotopic (exact) mass is 356 g/mol. The van der Waals surface area contributed by atoms with Crippen LogP contribution >= 0.6 is 11.8 Å². The van der Waals surface area contributed by atoms with Crippen LogP contribution in [0.1, 0.15) is 18.9 Å². The predicted molar refractivity (Wildman–Crippen MR) is 90.2 cm³/mol. The second-order valence-corrected chi connectivity index (χ2v) is 9.11. The van der Waals surface area contributed by atoms with Crippen LogP contribution in [0, 0.1) is 12.7 Å². The Morgan fingerprint density at radius 2 is 2.17 bits per heavy atom. The molecule has 0 saturated carbocycles. The zero-order valence-electron chi connectivity index (χ0n) is 12.8. The number of amidine groups is 1. The van der Waals surface area contributed by atoms with Gasteiger partial charge in [-0.3, -0.25) is 4.79 Å². The van der Waals surface area contributed by atoms with Crippen LogP contribution in [0.25, 0.3) is 0 Å². The highest BCUT2D eigenvalue weighted by Crippen LogP contribution is 2.41. The molecular weight excluding hydrogens is 339 g/mol. The zero-order chi connectivity index (χ0) is 16.8. The molecule has 0 aromatic heterocycles. The molecule has 8 heteroatoms. The average molecular weight is 356 g/mol. The number of thioether (sulfide) groups is 1. The second-order valence-electron chi connectivity index (χ2n) is 5.75. The van der Waals surface area contributed by atoms with Crippen molar-refractivity contribution in [3.8, 4) is 0 Å². The number of halogens is 1. The molecule has 0 spiro atoms. The van der Waals surface area contributed by atoms with Crippen molar-refractivity contribution in [2.45, 2.75) is 31.6 Å². The normalized spacial score (nSPS) is 27.4. The van der Waals surface area contributed by atoms with Crippen molar-refractivity contribution in [1.29, 1.82) is 0 Å². The molecule has 1 aromatic rings. The second kappa shape index (κ2) is 5.90. The number of rotatable bonds is 2. The van der Waals surface area contributed by atoms with E-state index in [9.17, 15) is 17.6 Å². The summed E-state index contributed by atoms with van der Waals surface area (Å²) >= 11 is 1.29. The van der Waals surface area contributed by atoms with Crippen LogP contribution in [0.15, 0.2) is 23.2 Å². The van der Waals surface area contributed by atoms with E-state index in [0.717, 1.165) is 0 Å². The van der Waals surface area contributed by atoms with E-state index in [4.69, 9.17) is 0 Å². The molecule has 2 fully saturated rings. The molecule has 0 radical (unpaired) electrons. The van der Waals surface area contributed by atoms with Crippen LogP contribution in [0.4, 0.5) is 10.1 Å². The fourth-order valence-electron chi connectivity index (χ4n) is 2.78. The van der Waals surface area contributed by atoms with E-state index in [1.54, 1.807) is 30.9 Å². The molecule has 1 aromatic carbocycles. The number of aryl methyl sites for hydroxylation is 1. The van der Waals surface area contributed by atoms with Gasteiger partial charge in [-0.25, -0.2) is 12.8 Å². The van der Waals surface area contributed by atoms with E-state index in [1.807, 2.05) is 0 Å². The van der Waals surface area contributed by atoms with Crippen molar-refractivity contribution < 1.29 is 17.6 Å². The van der Waals surface area contributed by atoms with Gasteiger partial charge in [0.25, 0.3) is 0 Å². The first-order valence-electron chi connectivity index (χ1n) is 7.34. The molecule has 2 aliphatic heterocycles. The summed E-state index contributed by atoms with van der Waals surface area (Å²) in [4.78, 5) is 17.5. The Kier molecular flexibility index (Phi) is 4.22. The van der Waals surface area contributed by atoms with Gasteiger partial charge in [-0.15, -0.1) is 0 Å². The molecule has 3 rings (SSSR count). The van der Waals surface area contributed by atoms with Crippen LogP contribution < -0.4 is 4.90 Å². The van der Waals surface area contributed by atoms with Crippen molar-refractivity contribution >= 4 is 38.4 Å². The fraction of sp³-hybridized carbons (Fsp3) is 0.467. The first-order chi connectivity index (χ1) is 10.8. The van der Waals surface area contributed by atoms with Crippen molar-refractivity contribution in [3.63, 3.8) is 0 Å². The SMILES string of the molecule is CCC(=O)N=C1S[C@H]2CS(=O)(=O)C[C@H]2N1c1ccc(C)c(F)c1. The maximum Gasteiger partial charge on any atom is 0.247 e. The molecule has 2 saturated heterocycles. The molecule has 5 nitrogen and oxygen atoms in total. The largest absolute Gasteiger partial charge is 0.315 e. The van der Waals surface area contributed by atoms with E-state index in [2.05, 4.69) is 4.99 Å². The van der Waals surface area contributed by atoms with E-state index in [1.165, 1.54) is 17.8 Å².